The fourth-order valence-corrected chi connectivity index (χ4v) is 1.47. The van der Waals surface area contributed by atoms with E-state index in [4.69, 9.17) is 5.73 Å². The summed E-state index contributed by atoms with van der Waals surface area (Å²) in [6.07, 6.45) is 1.38. The zero-order valence-electron chi connectivity index (χ0n) is 17.0. The molecule has 1 unspecified atom stereocenters. The second kappa shape index (κ2) is 18.3. The molecule has 0 aliphatic rings. The summed E-state index contributed by atoms with van der Waals surface area (Å²) in [5, 5.41) is 8.07. The number of nitrogens with one attached hydrogen (secondary N) is 3. The lowest BCUT2D eigenvalue weighted by Crippen LogP contribution is -2.47. The van der Waals surface area contributed by atoms with Crippen LogP contribution in [0, 0.1) is 5.92 Å². The number of carbonyl (C=O) groups excluding carboxylic acids is 3. The third-order valence-corrected chi connectivity index (χ3v) is 2.75. The Morgan fingerprint density at radius 1 is 1.08 bits per heavy atom. The number of Topliss-reactive ketones (excluding diaryl/α,β-unsaturated/α-hetero) is 1. The maximum Gasteiger partial charge on any atom is 0.312 e. The highest BCUT2D eigenvalue weighted by atomic mass is 16.2. The van der Waals surface area contributed by atoms with Crippen molar-refractivity contribution in [3.8, 4) is 0 Å². The normalized spacial score (nSPS) is 10.2. The first kappa shape index (κ1) is 27.8. The van der Waals surface area contributed by atoms with Crippen molar-refractivity contribution in [1.29, 1.82) is 0 Å². The van der Waals surface area contributed by atoms with Crippen molar-refractivity contribution in [1.82, 2.24) is 16.0 Å². The van der Waals surface area contributed by atoms with Gasteiger partial charge in [-0.2, -0.15) is 0 Å². The van der Waals surface area contributed by atoms with Crippen LogP contribution in [0.4, 0.5) is 4.79 Å². The van der Waals surface area contributed by atoms with Crippen molar-refractivity contribution in [3.63, 3.8) is 0 Å². The van der Waals surface area contributed by atoms with Gasteiger partial charge in [0.2, 0.25) is 5.91 Å². The van der Waals surface area contributed by atoms with Crippen LogP contribution in [0.1, 0.15) is 61.3 Å². The summed E-state index contributed by atoms with van der Waals surface area (Å²) < 4.78 is 0. The van der Waals surface area contributed by atoms with E-state index in [1.54, 1.807) is 13.8 Å². The molecule has 7 nitrogen and oxygen atoms in total. The van der Waals surface area contributed by atoms with Gasteiger partial charge in [-0.3, -0.25) is 9.59 Å². The maximum atomic E-state index is 11.8. The van der Waals surface area contributed by atoms with Crippen molar-refractivity contribution in [2.75, 3.05) is 13.1 Å². The number of carbonyl (C=O) groups is 3. The molecule has 0 spiro atoms. The molecule has 0 aromatic rings. The molecule has 0 aliphatic heterocycles. The topological polar surface area (TPSA) is 113 Å². The van der Waals surface area contributed by atoms with Gasteiger partial charge in [-0.25, -0.2) is 4.79 Å². The number of rotatable bonds is 9. The highest BCUT2D eigenvalue weighted by Gasteiger charge is 2.21. The van der Waals surface area contributed by atoms with E-state index in [1.165, 1.54) is 0 Å². The second-order valence-electron chi connectivity index (χ2n) is 5.55. The Labute approximate surface area is 153 Å². The SMILES string of the molecule is C=C(C)NC(C(=O)NCC(=O)CC)C(C)C.CC.CCCNC(N)=O. The van der Waals surface area contributed by atoms with Gasteiger partial charge in [0.25, 0.3) is 0 Å². The molecule has 0 saturated carbocycles. The highest BCUT2D eigenvalue weighted by Crippen LogP contribution is 2.03. The van der Waals surface area contributed by atoms with Crippen molar-refractivity contribution >= 4 is 17.7 Å². The number of nitrogens with two attached hydrogens (primary N) is 1. The molecule has 0 heterocycles. The van der Waals surface area contributed by atoms with Gasteiger partial charge in [0.15, 0.2) is 5.78 Å². The minimum Gasteiger partial charge on any atom is -0.378 e. The molecule has 3 amide bonds. The molecule has 0 aliphatic carbocycles. The first-order valence-corrected chi connectivity index (χ1v) is 8.90. The molecule has 0 bridgehead atoms. The number of amides is 3. The molecule has 25 heavy (non-hydrogen) atoms. The predicted molar refractivity (Wildman–Crippen MR) is 104 cm³/mol. The van der Waals surface area contributed by atoms with Crippen LogP contribution in [0.5, 0.6) is 0 Å². The van der Waals surface area contributed by atoms with Crippen LogP contribution in [-0.2, 0) is 9.59 Å². The zero-order chi connectivity index (χ0) is 20.4. The lowest BCUT2D eigenvalue weighted by Gasteiger charge is -2.22. The summed E-state index contributed by atoms with van der Waals surface area (Å²) in [6, 6.07) is -0.774. The molecular formula is C18H38N4O3. The minimum absolute atomic E-state index is 0.0335. The molecule has 1 atom stereocenters. The van der Waals surface area contributed by atoms with Crippen LogP contribution in [0.3, 0.4) is 0 Å². The first-order chi connectivity index (χ1) is 11.6. The van der Waals surface area contributed by atoms with Crippen molar-refractivity contribution in [2.24, 2.45) is 11.7 Å². The van der Waals surface area contributed by atoms with E-state index < -0.39 is 6.03 Å². The van der Waals surface area contributed by atoms with Crippen molar-refractivity contribution in [3.05, 3.63) is 12.3 Å². The van der Waals surface area contributed by atoms with Gasteiger partial charge in [0.05, 0.1) is 6.54 Å². The zero-order valence-corrected chi connectivity index (χ0v) is 17.0. The lowest BCUT2D eigenvalue weighted by molar-refractivity contribution is -0.127. The number of ketones is 1. The summed E-state index contributed by atoms with van der Waals surface area (Å²) in [7, 11) is 0. The number of primary amides is 1. The van der Waals surface area contributed by atoms with E-state index in [0.717, 1.165) is 12.1 Å². The maximum absolute atomic E-state index is 11.8. The Kier molecular flexibility index (Phi) is 20.3. The van der Waals surface area contributed by atoms with E-state index in [2.05, 4.69) is 22.5 Å². The van der Waals surface area contributed by atoms with E-state index in [0.29, 0.717) is 13.0 Å². The highest BCUT2D eigenvalue weighted by molar-refractivity contribution is 5.88. The first-order valence-electron chi connectivity index (χ1n) is 8.90. The molecule has 0 saturated heterocycles. The molecule has 148 valence electrons. The summed E-state index contributed by atoms with van der Waals surface area (Å²) in [6.45, 7) is 17.9. The average Bonchev–Trinajstić information content (AvgIpc) is 2.57. The number of urea groups is 1. The second-order valence-corrected chi connectivity index (χ2v) is 5.55. The number of hydrogen-bond acceptors (Lipinski definition) is 4. The van der Waals surface area contributed by atoms with Crippen molar-refractivity contribution in [2.45, 2.75) is 67.3 Å². The molecule has 0 aromatic carbocycles. The quantitative estimate of drug-likeness (QED) is 0.506. The summed E-state index contributed by atoms with van der Waals surface area (Å²) >= 11 is 0. The molecule has 0 radical (unpaired) electrons. The minimum atomic E-state index is -0.443. The Hall–Kier alpha value is -2.05. The molecular weight excluding hydrogens is 320 g/mol. The summed E-state index contributed by atoms with van der Waals surface area (Å²) in [5.41, 5.74) is 5.47. The molecule has 7 heteroatoms. The smallest absolute Gasteiger partial charge is 0.312 e. The van der Waals surface area contributed by atoms with E-state index >= 15 is 0 Å². The Balaban J connectivity index is -0.000000450. The Bertz CT molecular complexity index is 396. The van der Waals surface area contributed by atoms with Gasteiger partial charge in [-0.15, -0.1) is 0 Å². The summed E-state index contributed by atoms with van der Waals surface area (Å²) in [5.74, 6) is 0.0272. The van der Waals surface area contributed by atoms with Crippen LogP contribution < -0.4 is 21.7 Å². The molecule has 5 N–H and O–H groups in total. The van der Waals surface area contributed by atoms with Gasteiger partial charge in [0.1, 0.15) is 6.04 Å². The monoisotopic (exact) mass is 358 g/mol. The van der Waals surface area contributed by atoms with E-state index in [1.807, 2.05) is 34.6 Å². The molecule has 0 fully saturated rings. The molecule has 0 rings (SSSR count). The fraction of sp³-hybridized carbons (Fsp3) is 0.722. The molecule has 0 aromatic heterocycles. The van der Waals surface area contributed by atoms with Gasteiger partial charge in [0, 0.05) is 18.7 Å². The van der Waals surface area contributed by atoms with E-state index in [-0.39, 0.29) is 30.2 Å². The van der Waals surface area contributed by atoms with Gasteiger partial charge < -0.3 is 21.7 Å². The van der Waals surface area contributed by atoms with Gasteiger partial charge in [-0.1, -0.05) is 48.1 Å². The van der Waals surface area contributed by atoms with Crippen LogP contribution in [0.25, 0.3) is 0 Å². The van der Waals surface area contributed by atoms with Crippen LogP contribution in [-0.4, -0.2) is 36.9 Å². The average molecular weight is 359 g/mol. The van der Waals surface area contributed by atoms with Crippen LogP contribution >= 0.6 is 0 Å². The fourth-order valence-electron chi connectivity index (χ4n) is 1.47. The number of hydrogen-bond donors (Lipinski definition) is 4. The van der Waals surface area contributed by atoms with E-state index in [9.17, 15) is 14.4 Å². The third kappa shape index (κ3) is 19.9. The summed E-state index contributed by atoms with van der Waals surface area (Å²) in [4.78, 5) is 32.7. The van der Waals surface area contributed by atoms with Gasteiger partial charge >= 0.3 is 6.03 Å². The standard InChI is InChI=1S/C12H22N2O2.C4H10N2O.C2H6/c1-6-10(15)7-13-12(16)11(8(2)3)14-9(4)5;1-2-3-6-4(5)7;1-2/h8,11,14H,4,6-7H2,1-3,5H3,(H,13,16);2-3H2,1H3,(H3,5,6,7);1-2H3. The largest absolute Gasteiger partial charge is 0.378 e. The third-order valence-electron chi connectivity index (χ3n) is 2.75. The predicted octanol–water partition coefficient (Wildman–Crippen LogP) is 2.32. The Morgan fingerprint density at radius 3 is 1.88 bits per heavy atom. The van der Waals surface area contributed by atoms with Crippen LogP contribution in [0.2, 0.25) is 0 Å². The van der Waals surface area contributed by atoms with Crippen molar-refractivity contribution < 1.29 is 14.4 Å². The van der Waals surface area contributed by atoms with Crippen LogP contribution in [0.15, 0.2) is 12.3 Å². The van der Waals surface area contributed by atoms with Gasteiger partial charge in [-0.05, 0) is 19.3 Å². The number of allylic oxidation sites excluding steroid dienone is 1. The lowest BCUT2D eigenvalue weighted by atomic mass is 10.0. The Morgan fingerprint density at radius 2 is 1.60 bits per heavy atom.